The van der Waals surface area contributed by atoms with Gasteiger partial charge >= 0.3 is 0 Å². The maximum absolute atomic E-state index is 13.3. The SMILES string of the molecule is CC(=O)N(C)C(Cc1ccccc1)C(=O)N[C@@H](CC(C)C)C(=O)N[C@@H](C)C(=O)N1CCCCC1. The van der Waals surface area contributed by atoms with E-state index < -0.39 is 24.0 Å². The molecule has 0 bridgehead atoms. The van der Waals surface area contributed by atoms with Gasteiger partial charge in [0.1, 0.15) is 18.1 Å². The first kappa shape index (κ1) is 27.3. The highest BCUT2D eigenvalue weighted by molar-refractivity contribution is 5.94. The zero-order chi connectivity index (χ0) is 25.3. The van der Waals surface area contributed by atoms with Crippen molar-refractivity contribution in [2.75, 3.05) is 20.1 Å². The average molecular weight is 473 g/mol. The van der Waals surface area contributed by atoms with Crippen molar-refractivity contribution in [1.29, 1.82) is 0 Å². The van der Waals surface area contributed by atoms with Gasteiger partial charge in [0.05, 0.1) is 0 Å². The maximum Gasteiger partial charge on any atom is 0.244 e. The van der Waals surface area contributed by atoms with E-state index >= 15 is 0 Å². The lowest BCUT2D eigenvalue weighted by molar-refractivity contribution is -0.140. The molecule has 34 heavy (non-hydrogen) atoms. The molecule has 188 valence electrons. The van der Waals surface area contributed by atoms with E-state index in [1.54, 1.807) is 18.9 Å². The Kier molecular flexibility index (Phi) is 10.5. The fourth-order valence-electron chi connectivity index (χ4n) is 4.20. The Morgan fingerprint density at radius 1 is 0.941 bits per heavy atom. The molecule has 1 saturated heterocycles. The third-order valence-corrected chi connectivity index (χ3v) is 6.28. The topological polar surface area (TPSA) is 98.8 Å². The van der Waals surface area contributed by atoms with Crippen LogP contribution in [0.1, 0.15) is 58.9 Å². The summed E-state index contributed by atoms with van der Waals surface area (Å²) in [7, 11) is 1.59. The highest BCUT2D eigenvalue weighted by atomic mass is 16.2. The van der Waals surface area contributed by atoms with Crippen LogP contribution in [0.3, 0.4) is 0 Å². The molecular weight excluding hydrogens is 432 g/mol. The maximum atomic E-state index is 13.3. The highest BCUT2D eigenvalue weighted by Crippen LogP contribution is 2.13. The summed E-state index contributed by atoms with van der Waals surface area (Å²) in [5.74, 6) is -0.967. The number of benzene rings is 1. The van der Waals surface area contributed by atoms with Crippen LogP contribution in [0.25, 0.3) is 0 Å². The number of carbonyl (C=O) groups excluding carboxylic acids is 4. The summed E-state index contributed by atoms with van der Waals surface area (Å²) in [6.07, 6.45) is 3.83. The Labute approximate surface area is 203 Å². The van der Waals surface area contributed by atoms with Crippen LogP contribution in [0.4, 0.5) is 0 Å². The van der Waals surface area contributed by atoms with Crippen LogP contribution in [-0.2, 0) is 25.6 Å². The van der Waals surface area contributed by atoms with Crippen molar-refractivity contribution in [2.45, 2.75) is 77.9 Å². The highest BCUT2D eigenvalue weighted by Gasteiger charge is 2.32. The van der Waals surface area contributed by atoms with Crippen LogP contribution in [0.5, 0.6) is 0 Å². The van der Waals surface area contributed by atoms with Crippen molar-refractivity contribution in [3.8, 4) is 0 Å². The van der Waals surface area contributed by atoms with Gasteiger partial charge in [-0.25, -0.2) is 0 Å². The van der Waals surface area contributed by atoms with E-state index in [1.807, 2.05) is 44.2 Å². The summed E-state index contributed by atoms with van der Waals surface area (Å²) in [6.45, 7) is 8.46. The average Bonchev–Trinajstić information content (AvgIpc) is 2.81. The molecule has 1 heterocycles. The molecule has 2 N–H and O–H groups in total. The summed E-state index contributed by atoms with van der Waals surface area (Å²) in [5, 5.41) is 5.66. The first-order valence-electron chi connectivity index (χ1n) is 12.3. The molecule has 1 aromatic rings. The van der Waals surface area contributed by atoms with Crippen molar-refractivity contribution < 1.29 is 19.2 Å². The minimum Gasteiger partial charge on any atom is -0.343 e. The summed E-state index contributed by atoms with van der Waals surface area (Å²) in [4.78, 5) is 54.4. The Hall–Kier alpha value is -2.90. The lowest BCUT2D eigenvalue weighted by atomic mass is 10.00. The number of hydrogen-bond acceptors (Lipinski definition) is 4. The van der Waals surface area contributed by atoms with Crippen LogP contribution in [-0.4, -0.2) is 71.7 Å². The van der Waals surface area contributed by atoms with E-state index in [0.717, 1.165) is 24.8 Å². The van der Waals surface area contributed by atoms with Gasteiger partial charge in [-0.15, -0.1) is 0 Å². The van der Waals surface area contributed by atoms with Crippen molar-refractivity contribution >= 4 is 23.6 Å². The number of amides is 4. The number of carbonyl (C=O) groups is 4. The van der Waals surface area contributed by atoms with Gasteiger partial charge < -0.3 is 20.4 Å². The zero-order valence-electron chi connectivity index (χ0n) is 21.2. The molecular formula is C26H40N4O4. The van der Waals surface area contributed by atoms with E-state index in [0.29, 0.717) is 25.9 Å². The van der Waals surface area contributed by atoms with E-state index in [1.165, 1.54) is 11.8 Å². The van der Waals surface area contributed by atoms with Gasteiger partial charge in [0.15, 0.2) is 0 Å². The summed E-state index contributed by atoms with van der Waals surface area (Å²) < 4.78 is 0. The molecule has 1 fully saturated rings. The Morgan fingerprint density at radius 3 is 2.12 bits per heavy atom. The molecule has 8 nitrogen and oxygen atoms in total. The van der Waals surface area contributed by atoms with Crippen molar-refractivity contribution in [3.63, 3.8) is 0 Å². The number of hydrogen-bond donors (Lipinski definition) is 2. The molecule has 3 atom stereocenters. The molecule has 0 aliphatic carbocycles. The van der Waals surface area contributed by atoms with Crippen molar-refractivity contribution in [2.24, 2.45) is 5.92 Å². The molecule has 1 unspecified atom stereocenters. The van der Waals surface area contributed by atoms with Crippen LogP contribution < -0.4 is 10.6 Å². The van der Waals surface area contributed by atoms with Crippen LogP contribution in [0.15, 0.2) is 30.3 Å². The first-order chi connectivity index (χ1) is 16.1. The molecule has 2 rings (SSSR count). The Bertz CT molecular complexity index is 836. The second kappa shape index (κ2) is 13.1. The smallest absolute Gasteiger partial charge is 0.244 e. The van der Waals surface area contributed by atoms with Crippen LogP contribution >= 0.6 is 0 Å². The lowest BCUT2D eigenvalue weighted by Gasteiger charge is -2.31. The molecule has 1 aromatic carbocycles. The van der Waals surface area contributed by atoms with E-state index in [-0.39, 0.29) is 23.6 Å². The summed E-state index contributed by atoms with van der Waals surface area (Å²) >= 11 is 0. The van der Waals surface area contributed by atoms with Gasteiger partial charge in [-0.1, -0.05) is 44.2 Å². The van der Waals surface area contributed by atoms with Crippen molar-refractivity contribution in [1.82, 2.24) is 20.4 Å². The molecule has 1 aliphatic rings. The van der Waals surface area contributed by atoms with Gasteiger partial charge in [-0.05, 0) is 44.1 Å². The second-order valence-corrected chi connectivity index (χ2v) is 9.64. The number of likely N-dealkylation sites (N-methyl/N-ethyl adjacent to an activating group) is 1. The van der Waals surface area contributed by atoms with Gasteiger partial charge in [0.25, 0.3) is 0 Å². The van der Waals surface area contributed by atoms with E-state index in [9.17, 15) is 19.2 Å². The molecule has 8 heteroatoms. The van der Waals surface area contributed by atoms with Crippen LogP contribution in [0.2, 0.25) is 0 Å². The van der Waals surface area contributed by atoms with Gasteiger partial charge in [-0.3, -0.25) is 19.2 Å². The molecule has 4 amide bonds. The normalized spacial score (nSPS) is 16.4. The summed E-state index contributed by atoms with van der Waals surface area (Å²) in [6, 6.07) is 7.24. The molecule has 0 radical (unpaired) electrons. The number of nitrogens with zero attached hydrogens (tertiary/aromatic N) is 2. The molecule has 0 aromatic heterocycles. The lowest BCUT2D eigenvalue weighted by Crippen LogP contribution is -2.57. The predicted octanol–water partition coefficient (Wildman–Crippen LogP) is 2.12. The number of nitrogens with one attached hydrogen (secondary N) is 2. The first-order valence-corrected chi connectivity index (χ1v) is 12.3. The summed E-state index contributed by atoms with van der Waals surface area (Å²) in [5.41, 5.74) is 0.918. The van der Waals surface area contributed by atoms with Crippen molar-refractivity contribution in [3.05, 3.63) is 35.9 Å². The number of piperidine rings is 1. The van der Waals surface area contributed by atoms with Gasteiger partial charge in [0, 0.05) is 33.5 Å². The van der Waals surface area contributed by atoms with Gasteiger partial charge in [-0.2, -0.15) is 0 Å². The third kappa shape index (κ3) is 8.15. The number of likely N-dealkylation sites (tertiary alicyclic amines) is 1. The fourth-order valence-corrected chi connectivity index (χ4v) is 4.20. The molecule has 1 aliphatic heterocycles. The van der Waals surface area contributed by atoms with Gasteiger partial charge in [0.2, 0.25) is 23.6 Å². The van der Waals surface area contributed by atoms with Crippen LogP contribution in [0, 0.1) is 5.92 Å². The Balaban J connectivity index is 2.11. The largest absolute Gasteiger partial charge is 0.343 e. The Morgan fingerprint density at radius 2 is 1.56 bits per heavy atom. The quantitative estimate of drug-likeness (QED) is 0.545. The zero-order valence-corrected chi connectivity index (χ0v) is 21.2. The minimum absolute atomic E-state index is 0.0964. The fraction of sp³-hybridized carbons (Fsp3) is 0.615. The second-order valence-electron chi connectivity index (χ2n) is 9.64. The molecule has 0 saturated carbocycles. The van der Waals surface area contributed by atoms with E-state index in [2.05, 4.69) is 10.6 Å². The van der Waals surface area contributed by atoms with E-state index in [4.69, 9.17) is 0 Å². The predicted molar refractivity (Wildman–Crippen MR) is 132 cm³/mol. The minimum atomic E-state index is -0.803. The number of rotatable bonds is 10. The monoisotopic (exact) mass is 472 g/mol. The third-order valence-electron chi connectivity index (χ3n) is 6.28. The molecule has 0 spiro atoms. The standard InChI is InChI=1S/C26H40N4O4/c1-18(2)16-22(24(32)27-19(3)26(34)30-14-10-7-11-15-30)28-25(33)23(29(5)20(4)31)17-21-12-8-6-9-13-21/h6,8-9,12-13,18-19,22-23H,7,10-11,14-17H2,1-5H3,(H,27,32)(H,28,33)/t19-,22-,23?/m0/s1.